The molecule has 6 aromatic rings. The van der Waals surface area contributed by atoms with E-state index in [4.69, 9.17) is 9.47 Å². The fourth-order valence-corrected chi connectivity index (χ4v) is 5.97. The zero-order valence-electron chi connectivity index (χ0n) is 20.0. The Labute approximate surface area is 215 Å². The van der Waals surface area contributed by atoms with E-state index in [1.54, 1.807) is 0 Å². The van der Waals surface area contributed by atoms with E-state index >= 15 is 0 Å². The van der Waals surface area contributed by atoms with Crippen molar-refractivity contribution in [3.05, 3.63) is 127 Å². The summed E-state index contributed by atoms with van der Waals surface area (Å²) < 4.78 is 13.1. The molecular weight excluding hydrogens is 451 g/mol. The predicted octanol–water partition coefficient (Wildman–Crippen LogP) is 6.90. The topological polar surface area (TPSA) is 18.5 Å². The largest absolute Gasteiger partial charge is 0.458 e. The van der Waals surface area contributed by atoms with Crippen LogP contribution >= 0.6 is 0 Å². The van der Waals surface area contributed by atoms with Crippen molar-refractivity contribution in [2.24, 2.45) is 0 Å². The minimum Gasteiger partial charge on any atom is -0.458 e. The quantitative estimate of drug-likeness (QED) is 0.255. The normalized spacial score (nSPS) is 12.7. The van der Waals surface area contributed by atoms with Crippen molar-refractivity contribution in [2.45, 2.75) is 0 Å². The predicted molar refractivity (Wildman–Crippen MR) is 153 cm³/mol. The molecule has 0 saturated heterocycles. The average Bonchev–Trinajstić information content (AvgIpc) is 2.96. The SMILES string of the molecule is c1ccc(-c2ccc(-c3cc4c5c(c3)Oc3ccccc3B5c3ccccc3O4)c3ccccc23)cc1. The molecule has 2 aliphatic heterocycles. The van der Waals surface area contributed by atoms with Crippen LogP contribution in [0.3, 0.4) is 0 Å². The van der Waals surface area contributed by atoms with Gasteiger partial charge in [0.05, 0.1) is 0 Å². The van der Waals surface area contributed by atoms with Gasteiger partial charge in [-0.25, -0.2) is 0 Å². The van der Waals surface area contributed by atoms with Gasteiger partial charge in [-0.1, -0.05) is 103 Å². The van der Waals surface area contributed by atoms with E-state index in [1.807, 2.05) is 12.1 Å². The van der Waals surface area contributed by atoms with E-state index in [2.05, 4.69) is 115 Å². The van der Waals surface area contributed by atoms with Crippen LogP contribution in [0.15, 0.2) is 127 Å². The number of ether oxygens (including phenoxy) is 2. The molecule has 0 atom stereocenters. The first kappa shape index (κ1) is 20.4. The Bertz CT molecular complexity index is 1770. The van der Waals surface area contributed by atoms with Crippen LogP contribution in [0.2, 0.25) is 0 Å². The lowest BCUT2D eigenvalue weighted by atomic mass is 9.35. The zero-order valence-corrected chi connectivity index (χ0v) is 20.0. The number of rotatable bonds is 2. The molecule has 2 nitrogen and oxygen atoms in total. The number of benzene rings is 6. The lowest BCUT2D eigenvalue weighted by Gasteiger charge is -2.33. The first-order valence-electron chi connectivity index (χ1n) is 12.6. The highest BCUT2D eigenvalue weighted by molar-refractivity contribution is 6.98. The van der Waals surface area contributed by atoms with Crippen LogP contribution in [0.1, 0.15) is 0 Å². The van der Waals surface area contributed by atoms with Gasteiger partial charge in [-0.15, -0.1) is 0 Å². The standard InChI is InChI=1S/C34H21BO2/c1-2-10-22(11-3-1)24-18-19-25(27-13-5-4-12-26(24)27)23-20-32-34-33(21-23)37-31-17-9-7-15-29(31)35(34)28-14-6-8-16-30(28)36-32/h1-21H. The smallest absolute Gasteiger partial charge is 0.260 e. The van der Waals surface area contributed by atoms with Crippen molar-refractivity contribution < 1.29 is 9.47 Å². The second-order valence-corrected chi connectivity index (χ2v) is 9.67. The molecule has 2 aliphatic rings. The summed E-state index contributed by atoms with van der Waals surface area (Å²) >= 11 is 0. The second-order valence-electron chi connectivity index (χ2n) is 9.67. The van der Waals surface area contributed by atoms with Crippen LogP contribution in [0, 0.1) is 0 Å². The number of para-hydroxylation sites is 2. The number of hydrogen-bond donors (Lipinski definition) is 0. The highest BCUT2D eigenvalue weighted by Crippen LogP contribution is 2.41. The Kier molecular flexibility index (Phi) is 4.35. The first-order chi connectivity index (χ1) is 18.3. The Morgan fingerprint density at radius 1 is 0.405 bits per heavy atom. The lowest BCUT2D eigenvalue weighted by molar-refractivity contribution is 0.465. The minimum absolute atomic E-state index is 0.0890. The van der Waals surface area contributed by atoms with Gasteiger partial charge in [0.2, 0.25) is 0 Å². The summed E-state index contributed by atoms with van der Waals surface area (Å²) in [5.74, 6) is 3.54. The van der Waals surface area contributed by atoms with Gasteiger partial charge in [0.25, 0.3) is 6.71 Å². The number of hydrogen-bond acceptors (Lipinski definition) is 2. The van der Waals surface area contributed by atoms with E-state index in [0.29, 0.717) is 0 Å². The Balaban J connectivity index is 1.36. The van der Waals surface area contributed by atoms with Crippen molar-refractivity contribution in [1.82, 2.24) is 0 Å². The van der Waals surface area contributed by atoms with Gasteiger partial charge in [0.1, 0.15) is 23.0 Å². The van der Waals surface area contributed by atoms with E-state index in [1.165, 1.54) is 32.8 Å². The second kappa shape index (κ2) is 7.87. The summed E-state index contributed by atoms with van der Waals surface area (Å²) in [7, 11) is 0. The minimum atomic E-state index is 0.0890. The Hall–Kier alpha value is -4.76. The molecule has 0 bridgehead atoms. The summed E-state index contributed by atoms with van der Waals surface area (Å²) in [5, 5.41) is 2.44. The van der Waals surface area contributed by atoms with Crippen molar-refractivity contribution >= 4 is 33.9 Å². The third-order valence-corrected chi connectivity index (χ3v) is 7.61. The molecule has 0 amide bonds. The fourth-order valence-electron chi connectivity index (χ4n) is 5.97. The third-order valence-electron chi connectivity index (χ3n) is 7.61. The summed E-state index contributed by atoms with van der Waals surface area (Å²) in [6, 6.07) is 44.7. The lowest BCUT2D eigenvalue weighted by Crippen LogP contribution is -2.57. The molecule has 6 aromatic carbocycles. The van der Waals surface area contributed by atoms with Crippen molar-refractivity contribution in [3.63, 3.8) is 0 Å². The Morgan fingerprint density at radius 2 is 0.892 bits per heavy atom. The van der Waals surface area contributed by atoms with Gasteiger partial charge in [0.15, 0.2) is 0 Å². The van der Waals surface area contributed by atoms with Crippen LogP contribution in [-0.2, 0) is 0 Å². The van der Waals surface area contributed by atoms with Crippen molar-refractivity contribution in [3.8, 4) is 45.3 Å². The average molecular weight is 472 g/mol. The van der Waals surface area contributed by atoms with Crippen molar-refractivity contribution in [1.29, 1.82) is 0 Å². The molecule has 0 radical (unpaired) electrons. The van der Waals surface area contributed by atoms with E-state index in [9.17, 15) is 0 Å². The van der Waals surface area contributed by atoms with Crippen LogP contribution in [0.5, 0.6) is 23.0 Å². The molecule has 0 spiro atoms. The van der Waals surface area contributed by atoms with Gasteiger partial charge in [0, 0.05) is 5.46 Å². The Morgan fingerprint density at radius 3 is 1.49 bits per heavy atom. The van der Waals surface area contributed by atoms with Gasteiger partial charge in [-0.3, -0.25) is 0 Å². The summed E-state index contributed by atoms with van der Waals surface area (Å²) in [5.41, 5.74) is 8.15. The highest BCUT2D eigenvalue weighted by Gasteiger charge is 2.40. The monoisotopic (exact) mass is 472 g/mol. The maximum atomic E-state index is 6.53. The molecule has 37 heavy (non-hydrogen) atoms. The molecule has 3 heteroatoms. The zero-order chi connectivity index (χ0) is 24.3. The summed E-state index contributed by atoms with van der Waals surface area (Å²) in [6.07, 6.45) is 0. The van der Waals surface area contributed by atoms with Crippen LogP contribution in [0.4, 0.5) is 0 Å². The first-order valence-corrected chi connectivity index (χ1v) is 12.6. The molecule has 0 aliphatic carbocycles. The van der Waals surface area contributed by atoms with E-state index in [-0.39, 0.29) is 6.71 Å². The molecule has 0 N–H and O–H groups in total. The molecule has 0 aromatic heterocycles. The van der Waals surface area contributed by atoms with E-state index < -0.39 is 0 Å². The molecular formula is C34H21BO2. The molecule has 8 rings (SSSR count). The van der Waals surface area contributed by atoms with Crippen LogP contribution in [0.25, 0.3) is 33.0 Å². The summed E-state index contributed by atoms with van der Waals surface area (Å²) in [4.78, 5) is 0. The van der Waals surface area contributed by atoms with Crippen LogP contribution in [-0.4, -0.2) is 6.71 Å². The van der Waals surface area contributed by atoms with Gasteiger partial charge in [-0.05, 0) is 68.2 Å². The maximum Gasteiger partial charge on any atom is 0.260 e. The molecule has 0 unspecified atom stereocenters. The van der Waals surface area contributed by atoms with Crippen molar-refractivity contribution in [2.75, 3.05) is 0 Å². The highest BCUT2D eigenvalue weighted by atomic mass is 16.5. The molecule has 172 valence electrons. The molecule has 0 saturated carbocycles. The maximum absolute atomic E-state index is 6.53. The van der Waals surface area contributed by atoms with Gasteiger partial charge in [-0.2, -0.15) is 0 Å². The fraction of sp³-hybridized carbons (Fsp3) is 0. The van der Waals surface area contributed by atoms with Gasteiger partial charge >= 0.3 is 0 Å². The van der Waals surface area contributed by atoms with Crippen LogP contribution < -0.4 is 25.9 Å². The van der Waals surface area contributed by atoms with E-state index in [0.717, 1.165) is 39.6 Å². The summed E-state index contributed by atoms with van der Waals surface area (Å²) in [6.45, 7) is 0.0890. The van der Waals surface area contributed by atoms with Gasteiger partial charge < -0.3 is 9.47 Å². The number of fused-ring (bicyclic) bond motifs is 5. The third kappa shape index (κ3) is 3.07. The molecule has 0 fully saturated rings. The molecule has 2 heterocycles.